The Morgan fingerprint density at radius 1 is 0.550 bits per heavy atom. The van der Waals surface area contributed by atoms with E-state index in [1.165, 1.54) is 81.9 Å². The standard InChI is InChI=1S/C34H66N2O4/c1-4-7-10-12-14-16-18-20-22-27-32(37)36(31(26-24-25-29-35)34(39)40-30-9-6-3)33(38)28-23-21-19-17-15-13-11-8-5-2/h31H,4-30,35H2,1-3H3/t31-/m0/s1. The third kappa shape index (κ3) is 21.3. The molecule has 0 aromatic carbocycles. The van der Waals surface area contributed by atoms with Crippen LogP contribution in [0.5, 0.6) is 0 Å². The summed E-state index contributed by atoms with van der Waals surface area (Å²) in [6.45, 7) is 7.36. The van der Waals surface area contributed by atoms with Crippen molar-refractivity contribution < 1.29 is 19.1 Å². The third-order valence-corrected chi connectivity index (χ3v) is 7.78. The summed E-state index contributed by atoms with van der Waals surface area (Å²) >= 11 is 0. The number of hydrogen-bond donors (Lipinski definition) is 1. The van der Waals surface area contributed by atoms with Crippen molar-refractivity contribution in [1.29, 1.82) is 0 Å². The van der Waals surface area contributed by atoms with Crippen molar-refractivity contribution in [3.05, 3.63) is 0 Å². The van der Waals surface area contributed by atoms with Crippen LogP contribution in [-0.4, -0.2) is 41.9 Å². The molecule has 0 aliphatic rings. The second-order valence-corrected chi connectivity index (χ2v) is 11.6. The maximum Gasteiger partial charge on any atom is 0.329 e. The molecule has 0 heterocycles. The zero-order valence-corrected chi connectivity index (χ0v) is 26.8. The summed E-state index contributed by atoms with van der Waals surface area (Å²) in [5.41, 5.74) is 5.70. The minimum Gasteiger partial charge on any atom is -0.464 e. The van der Waals surface area contributed by atoms with E-state index < -0.39 is 12.0 Å². The molecule has 0 unspecified atom stereocenters. The van der Waals surface area contributed by atoms with E-state index in [0.717, 1.165) is 57.8 Å². The van der Waals surface area contributed by atoms with Gasteiger partial charge in [0.15, 0.2) is 0 Å². The number of esters is 1. The number of carbonyl (C=O) groups excluding carboxylic acids is 3. The van der Waals surface area contributed by atoms with Gasteiger partial charge >= 0.3 is 5.97 Å². The second-order valence-electron chi connectivity index (χ2n) is 11.6. The van der Waals surface area contributed by atoms with Gasteiger partial charge in [-0.15, -0.1) is 0 Å². The second kappa shape index (κ2) is 29.1. The number of carbonyl (C=O) groups is 3. The van der Waals surface area contributed by atoms with Crippen LogP contribution < -0.4 is 5.73 Å². The first-order chi connectivity index (χ1) is 19.5. The van der Waals surface area contributed by atoms with E-state index in [-0.39, 0.29) is 11.8 Å². The van der Waals surface area contributed by atoms with E-state index in [4.69, 9.17) is 10.5 Å². The molecule has 0 aromatic rings. The molecule has 0 rings (SSSR count). The van der Waals surface area contributed by atoms with Crippen molar-refractivity contribution in [2.75, 3.05) is 13.2 Å². The molecule has 0 radical (unpaired) electrons. The average Bonchev–Trinajstić information content (AvgIpc) is 2.95. The van der Waals surface area contributed by atoms with Gasteiger partial charge in [0.05, 0.1) is 6.61 Å². The van der Waals surface area contributed by atoms with Crippen molar-refractivity contribution in [2.45, 2.75) is 187 Å². The van der Waals surface area contributed by atoms with Crippen molar-refractivity contribution in [1.82, 2.24) is 4.90 Å². The fourth-order valence-electron chi connectivity index (χ4n) is 5.15. The first-order valence-corrected chi connectivity index (χ1v) is 17.2. The van der Waals surface area contributed by atoms with Gasteiger partial charge in [-0.3, -0.25) is 14.5 Å². The Hall–Kier alpha value is -1.43. The summed E-state index contributed by atoms with van der Waals surface area (Å²) in [7, 11) is 0. The predicted octanol–water partition coefficient (Wildman–Crippen LogP) is 9.02. The van der Waals surface area contributed by atoms with Gasteiger partial charge in [0.1, 0.15) is 6.04 Å². The monoisotopic (exact) mass is 567 g/mol. The first-order valence-electron chi connectivity index (χ1n) is 17.2. The predicted molar refractivity (Wildman–Crippen MR) is 168 cm³/mol. The molecule has 0 fully saturated rings. The van der Waals surface area contributed by atoms with Gasteiger partial charge in [-0.05, 0) is 45.1 Å². The van der Waals surface area contributed by atoms with Gasteiger partial charge in [0, 0.05) is 12.8 Å². The Morgan fingerprint density at radius 3 is 1.35 bits per heavy atom. The Bertz CT molecular complexity index is 577. The summed E-state index contributed by atoms with van der Waals surface area (Å²) in [6.07, 6.45) is 25.2. The van der Waals surface area contributed by atoms with E-state index in [2.05, 4.69) is 13.8 Å². The van der Waals surface area contributed by atoms with Gasteiger partial charge in [-0.25, -0.2) is 4.79 Å². The lowest BCUT2D eigenvalue weighted by Gasteiger charge is -2.29. The maximum atomic E-state index is 13.4. The maximum absolute atomic E-state index is 13.4. The van der Waals surface area contributed by atoms with Crippen LogP contribution in [-0.2, 0) is 19.1 Å². The number of imide groups is 1. The highest BCUT2D eigenvalue weighted by Crippen LogP contribution is 2.19. The van der Waals surface area contributed by atoms with Gasteiger partial charge in [0.2, 0.25) is 11.8 Å². The molecule has 6 heteroatoms. The zero-order chi connectivity index (χ0) is 29.7. The van der Waals surface area contributed by atoms with E-state index in [9.17, 15) is 14.4 Å². The molecule has 0 aromatic heterocycles. The molecule has 236 valence electrons. The smallest absolute Gasteiger partial charge is 0.329 e. The number of nitrogens with zero attached hydrogens (tertiary/aromatic N) is 1. The fourth-order valence-corrected chi connectivity index (χ4v) is 5.15. The summed E-state index contributed by atoms with van der Waals surface area (Å²) in [5, 5.41) is 0. The molecular weight excluding hydrogens is 500 g/mol. The minimum atomic E-state index is -0.833. The summed E-state index contributed by atoms with van der Waals surface area (Å²) < 4.78 is 5.54. The largest absolute Gasteiger partial charge is 0.464 e. The van der Waals surface area contributed by atoms with Crippen LogP contribution in [0.4, 0.5) is 0 Å². The van der Waals surface area contributed by atoms with Crippen molar-refractivity contribution in [2.24, 2.45) is 5.73 Å². The van der Waals surface area contributed by atoms with Crippen LogP contribution in [0.1, 0.15) is 181 Å². The number of unbranched alkanes of at least 4 members (excludes halogenated alkanes) is 18. The van der Waals surface area contributed by atoms with Crippen LogP contribution in [0.3, 0.4) is 0 Å². The summed E-state index contributed by atoms with van der Waals surface area (Å²) in [4.78, 5) is 41.3. The Morgan fingerprint density at radius 2 is 0.950 bits per heavy atom. The molecule has 0 saturated heterocycles. The highest BCUT2D eigenvalue weighted by molar-refractivity contribution is 5.99. The highest BCUT2D eigenvalue weighted by Gasteiger charge is 2.34. The normalized spacial score (nSPS) is 11.9. The quantitative estimate of drug-likeness (QED) is 0.0720. The first kappa shape index (κ1) is 38.6. The Kier molecular flexibility index (Phi) is 28.0. The Balaban J connectivity index is 5.01. The lowest BCUT2D eigenvalue weighted by Crippen LogP contribution is -2.49. The van der Waals surface area contributed by atoms with Crippen molar-refractivity contribution >= 4 is 17.8 Å². The van der Waals surface area contributed by atoms with Crippen LogP contribution >= 0.6 is 0 Å². The third-order valence-electron chi connectivity index (χ3n) is 7.78. The van der Waals surface area contributed by atoms with Crippen LogP contribution in [0.2, 0.25) is 0 Å². The van der Waals surface area contributed by atoms with Crippen molar-refractivity contribution in [3.63, 3.8) is 0 Å². The van der Waals surface area contributed by atoms with Crippen molar-refractivity contribution in [3.8, 4) is 0 Å². The zero-order valence-electron chi connectivity index (χ0n) is 26.8. The Labute approximate surface area is 247 Å². The number of rotatable bonds is 29. The van der Waals surface area contributed by atoms with E-state index in [0.29, 0.717) is 38.8 Å². The molecule has 1 atom stereocenters. The van der Waals surface area contributed by atoms with E-state index in [1.54, 1.807) is 0 Å². The molecule has 40 heavy (non-hydrogen) atoms. The molecular formula is C34H66N2O4. The molecule has 0 bridgehead atoms. The highest BCUT2D eigenvalue weighted by atomic mass is 16.5. The van der Waals surface area contributed by atoms with Gasteiger partial charge < -0.3 is 10.5 Å². The molecule has 2 amide bonds. The molecule has 0 aliphatic carbocycles. The number of ether oxygens (including phenoxy) is 1. The summed E-state index contributed by atoms with van der Waals surface area (Å²) in [5.74, 6) is -0.866. The molecule has 2 N–H and O–H groups in total. The SMILES string of the molecule is CCCCCCCCCCCC(=O)N(C(=O)CCCCCCCCCCC)[C@@H](CCCCN)C(=O)OCCCC. The van der Waals surface area contributed by atoms with Crippen LogP contribution in [0.15, 0.2) is 0 Å². The molecule has 0 saturated carbocycles. The molecule has 6 nitrogen and oxygen atoms in total. The van der Waals surface area contributed by atoms with Crippen LogP contribution in [0.25, 0.3) is 0 Å². The molecule has 0 spiro atoms. The molecule has 0 aliphatic heterocycles. The van der Waals surface area contributed by atoms with Gasteiger partial charge in [-0.1, -0.05) is 130 Å². The summed E-state index contributed by atoms with van der Waals surface area (Å²) in [6, 6.07) is -0.833. The van der Waals surface area contributed by atoms with Gasteiger partial charge in [-0.2, -0.15) is 0 Å². The average molecular weight is 567 g/mol. The number of hydrogen-bond acceptors (Lipinski definition) is 5. The van der Waals surface area contributed by atoms with E-state index in [1.807, 2.05) is 6.92 Å². The lowest BCUT2D eigenvalue weighted by molar-refractivity contribution is -0.162. The van der Waals surface area contributed by atoms with Gasteiger partial charge in [0.25, 0.3) is 0 Å². The topological polar surface area (TPSA) is 89.7 Å². The van der Waals surface area contributed by atoms with E-state index >= 15 is 0 Å². The minimum absolute atomic E-state index is 0.214. The number of nitrogens with two attached hydrogens (primary N) is 1. The lowest BCUT2D eigenvalue weighted by atomic mass is 10.0. The fraction of sp³-hybridized carbons (Fsp3) is 0.912. The van der Waals surface area contributed by atoms with Crippen LogP contribution in [0, 0.1) is 0 Å². The number of amides is 2.